The second-order valence-electron chi connectivity index (χ2n) is 10.4. The zero-order valence-corrected chi connectivity index (χ0v) is 20.3. The van der Waals surface area contributed by atoms with Gasteiger partial charge in [0.05, 0.1) is 11.0 Å². The van der Waals surface area contributed by atoms with Crippen molar-refractivity contribution in [3.8, 4) is 16.9 Å². The standard InChI is InChI=1S/C34H24N2/c1-34(2)27-17-9-7-15-25(27)30-31(34)24-14-6-5-13-23(24)29-26-16-8-10-18-28(26)36(32(29)30)33-22-12-4-3-11-21(22)19-20-35-33/h3-20H,1-2H3. The number of rotatable bonds is 1. The maximum Gasteiger partial charge on any atom is 0.145 e. The van der Waals surface area contributed by atoms with E-state index in [1.807, 2.05) is 6.20 Å². The molecule has 8 rings (SSSR count). The molecule has 2 heteroatoms. The number of aromatic nitrogens is 2. The summed E-state index contributed by atoms with van der Waals surface area (Å²) in [6, 6.07) is 37.4. The van der Waals surface area contributed by atoms with Crippen LogP contribution in [0.3, 0.4) is 0 Å². The van der Waals surface area contributed by atoms with E-state index in [2.05, 4.69) is 122 Å². The summed E-state index contributed by atoms with van der Waals surface area (Å²) in [6.45, 7) is 4.75. The molecule has 5 aromatic carbocycles. The molecule has 1 aliphatic carbocycles. The molecule has 0 amide bonds. The van der Waals surface area contributed by atoms with Crippen LogP contribution in [0.5, 0.6) is 0 Å². The third kappa shape index (κ3) is 2.34. The third-order valence-electron chi connectivity index (χ3n) is 8.19. The van der Waals surface area contributed by atoms with Gasteiger partial charge in [-0.1, -0.05) is 105 Å². The van der Waals surface area contributed by atoms with Gasteiger partial charge in [0.15, 0.2) is 0 Å². The second kappa shape index (κ2) is 6.83. The van der Waals surface area contributed by atoms with Gasteiger partial charge >= 0.3 is 0 Å². The Hall–Kier alpha value is -4.43. The van der Waals surface area contributed by atoms with Gasteiger partial charge in [0.2, 0.25) is 0 Å². The van der Waals surface area contributed by atoms with Crippen LogP contribution in [0.25, 0.3) is 60.3 Å². The molecule has 0 aliphatic heterocycles. The Balaban J connectivity index is 1.72. The van der Waals surface area contributed by atoms with Crippen LogP contribution in [-0.2, 0) is 5.41 Å². The van der Waals surface area contributed by atoms with Crippen molar-refractivity contribution in [2.75, 3.05) is 0 Å². The highest BCUT2D eigenvalue weighted by molar-refractivity contribution is 6.27. The van der Waals surface area contributed by atoms with Gasteiger partial charge in [-0.2, -0.15) is 0 Å². The molecule has 1 aliphatic rings. The van der Waals surface area contributed by atoms with Crippen LogP contribution in [0.15, 0.2) is 109 Å². The van der Waals surface area contributed by atoms with E-state index >= 15 is 0 Å². The van der Waals surface area contributed by atoms with Gasteiger partial charge in [0.1, 0.15) is 5.82 Å². The van der Waals surface area contributed by atoms with Crippen LogP contribution in [0.4, 0.5) is 0 Å². The lowest BCUT2D eigenvalue weighted by molar-refractivity contribution is 0.666. The average Bonchev–Trinajstić information content (AvgIpc) is 3.38. The number of benzene rings is 5. The van der Waals surface area contributed by atoms with Gasteiger partial charge < -0.3 is 0 Å². The molecule has 0 spiro atoms. The lowest BCUT2D eigenvalue weighted by Crippen LogP contribution is -2.15. The lowest BCUT2D eigenvalue weighted by Gasteiger charge is -2.24. The maximum absolute atomic E-state index is 5.01. The van der Waals surface area contributed by atoms with Crippen molar-refractivity contribution < 1.29 is 0 Å². The van der Waals surface area contributed by atoms with Gasteiger partial charge in [-0.15, -0.1) is 0 Å². The van der Waals surface area contributed by atoms with E-state index in [4.69, 9.17) is 4.98 Å². The molecule has 170 valence electrons. The fourth-order valence-electron chi connectivity index (χ4n) is 6.72. The van der Waals surface area contributed by atoms with E-state index < -0.39 is 0 Å². The topological polar surface area (TPSA) is 17.8 Å². The zero-order chi connectivity index (χ0) is 24.0. The lowest BCUT2D eigenvalue weighted by atomic mass is 9.79. The Labute approximate surface area is 209 Å². The number of hydrogen-bond acceptors (Lipinski definition) is 1. The van der Waals surface area contributed by atoms with Crippen molar-refractivity contribution in [3.05, 3.63) is 120 Å². The first-order valence-electron chi connectivity index (χ1n) is 12.6. The van der Waals surface area contributed by atoms with E-state index in [0.717, 1.165) is 11.2 Å². The molecule has 0 saturated carbocycles. The number of hydrogen-bond donors (Lipinski definition) is 0. The SMILES string of the molecule is CC1(C)c2ccccc2-c2c1c1ccccc1c1c3ccccc3n(-c3nccc4ccccc34)c21. The third-order valence-corrected chi connectivity index (χ3v) is 8.19. The normalized spacial score (nSPS) is 14.1. The summed E-state index contributed by atoms with van der Waals surface area (Å²) in [5, 5.41) is 7.59. The molecule has 7 aromatic rings. The smallest absolute Gasteiger partial charge is 0.145 e. The molecular weight excluding hydrogens is 436 g/mol. The molecule has 2 nitrogen and oxygen atoms in total. The predicted octanol–water partition coefficient (Wildman–Crippen LogP) is 8.79. The Morgan fingerprint density at radius 3 is 2.17 bits per heavy atom. The first-order valence-corrected chi connectivity index (χ1v) is 12.6. The molecule has 0 fully saturated rings. The summed E-state index contributed by atoms with van der Waals surface area (Å²) in [7, 11) is 0. The molecule has 0 N–H and O–H groups in total. The quantitative estimate of drug-likeness (QED) is 0.239. The average molecular weight is 461 g/mol. The maximum atomic E-state index is 5.01. The van der Waals surface area contributed by atoms with Crippen LogP contribution >= 0.6 is 0 Å². The Morgan fingerprint density at radius 1 is 0.639 bits per heavy atom. The number of pyridine rings is 1. The summed E-state index contributed by atoms with van der Waals surface area (Å²) < 4.78 is 2.43. The fourth-order valence-corrected chi connectivity index (χ4v) is 6.72. The van der Waals surface area contributed by atoms with Crippen molar-refractivity contribution in [2.24, 2.45) is 0 Å². The van der Waals surface area contributed by atoms with E-state index in [0.29, 0.717) is 0 Å². The summed E-state index contributed by atoms with van der Waals surface area (Å²) in [5.74, 6) is 0.985. The van der Waals surface area contributed by atoms with E-state index in [1.165, 1.54) is 60.2 Å². The monoisotopic (exact) mass is 460 g/mol. The molecule has 36 heavy (non-hydrogen) atoms. The van der Waals surface area contributed by atoms with Gasteiger partial charge in [-0.3, -0.25) is 4.57 Å². The molecule has 0 bridgehead atoms. The van der Waals surface area contributed by atoms with Gasteiger partial charge in [0.25, 0.3) is 0 Å². The summed E-state index contributed by atoms with van der Waals surface area (Å²) in [4.78, 5) is 5.01. The van der Waals surface area contributed by atoms with Crippen molar-refractivity contribution >= 4 is 43.4 Å². The highest BCUT2D eigenvalue weighted by Crippen LogP contribution is 2.56. The molecule has 0 atom stereocenters. The minimum atomic E-state index is -0.104. The van der Waals surface area contributed by atoms with Crippen LogP contribution in [-0.4, -0.2) is 9.55 Å². The molecular formula is C34H24N2. The zero-order valence-electron chi connectivity index (χ0n) is 20.3. The Bertz CT molecular complexity index is 2020. The summed E-state index contributed by atoms with van der Waals surface area (Å²) >= 11 is 0. The Morgan fingerprint density at radius 2 is 1.31 bits per heavy atom. The fraction of sp³-hybridized carbons (Fsp3) is 0.0882. The van der Waals surface area contributed by atoms with Gasteiger partial charge in [-0.05, 0) is 45.0 Å². The van der Waals surface area contributed by atoms with Crippen LogP contribution in [0.2, 0.25) is 0 Å². The summed E-state index contributed by atoms with van der Waals surface area (Å²) in [6.07, 6.45) is 1.94. The van der Waals surface area contributed by atoms with E-state index in [1.54, 1.807) is 0 Å². The Kier molecular flexibility index (Phi) is 3.76. The van der Waals surface area contributed by atoms with Gasteiger partial charge in [-0.25, -0.2) is 4.98 Å². The van der Waals surface area contributed by atoms with Crippen molar-refractivity contribution in [2.45, 2.75) is 19.3 Å². The van der Waals surface area contributed by atoms with Gasteiger partial charge in [0, 0.05) is 33.3 Å². The molecule has 0 saturated heterocycles. The van der Waals surface area contributed by atoms with E-state index in [-0.39, 0.29) is 5.41 Å². The van der Waals surface area contributed by atoms with Crippen LogP contribution in [0, 0.1) is 0 Å². The highest BCUT2D eigenvalue weighted by atomic mass is 15.1. The van der Waals surface area contributed by atoms with Crippen LogP contribution in [0.1, 0.15) is 25.0 Å². The molecule has 2 aromatic heterocycles. The van der Waals surface area contributed by atoms with Crippen LogP contribution < -0.4 is 0 Å². The number of fused-ring (bicyclic) bond motifs is 11. The first kappa shape index (κ1) is 19.8. The molecule has 2 heterocycles. The number of nitrogens with zero attached hydrogens (tertiary/aromatic N) is 2. The second-order valence-corrected chi connectivity index (χ2v) is 10.4. The van der Waals surface area contributed by atoms with Crippen molar-refractivity contribution in [1.29, 1.82) is 0 Å². The summed E-state index contributed by atoms with van der Waals surface area (Å²) in [5.41, 5.74) is 7.82. The molecule has 0 unspecified atom stereocenters. The minimum absolute atomic E-state index is 0.104. The largest absolute Gasteiger partial charge is 0.293 e. The van der Waals surface area contributed by atoms with Crippen molar-refractivity contribution in [1.82, 2.24) is 9.55 Å². The first-order chi connectivity index (χ1) is 17.7. The minimum Gasteiger partial charge on any atom is -0.293 e. The molecule has 0 radical (unpaired) electrons. The highest BCUT2D eigenvalue weighted by Gasteiger charge is 2.39. The predicted molar refractivity (Wildman–Crippen MR) is 151 cm³/mol. The van der Waals surface area contributed by atoms with Crippen molar-refractivity contribution in [3.63, 3.8) is 0 Å². The van der Waals surface area contributed by atoms with E-state index in [9.17, 15) is 0 Å². The number of para-hydroxylation sites is 1.